The molecule has 2 fully saturated rings. The van der Waals surface area contributed by atoms with Gasteiger partial charge in [0.1, 0.15) is 5.76 Å². The number of likely N-dealkylation sites (tertiary alicyclic amines) is 1. The van der Waals surface area contributed by atoms with E-state index in [1.807, 2.05) is 12.1 Å². The Kier molecular flexibility index (Phi) is 5.16. The summed E-state index contributed by atoms with van der Waals surface area (Å²) in [5.74, 6) is 2.18. The maximum atomic E-state index is 12.2. The molecule has 0 spiro atoms. The van der Waals surface area contributed by atoms with Gasteiger partial charge in [-0.05, 0) is 50.4 Å². The molecule has 1 N–H and O–H groups in total. The molecule has 2 aliphatic rings. The summed E-state index contributed by atoms with van der Waals surface area (Å²) in [5.41, 5.74) is 0. The molecule has 2 heterocycles. The van der Waals surface area contributed by atoms with Crippen molar-refractivity contribution in [1.82, 2.24) is 10.2 Å². The molecule has 22 heavy (non-hydrogen) atoms. The fourth-order valence-corrected chi connectivity index (χ4v) is 3.31. The van der Waals surface area contributed by atoms with Gasteiger partial charge in [-0.25, -0.2) is 0 Å². The predicted molar refractivity (Wildman–Crippen MR) is 83.6 cm³/mol. The Bertz CT molecular complexity index is 466. The van der Waals surface area contributed by atoms with Crippen molar-refractivity contribution in [2.45, 2.75) is 25.2 Å². The van der Waals surface area contributed by atoms with E-state index < -0.39 is 0 Å². The smallest absolute Gasteiger partial charge is 0.223 e. The van der Waals surface area contributed by atoms with Crippen LogP contribution in [0.15, 0.2) is 22.8 Å². The SMILES string of the molecule is COCCN1CCC(CNC(=O)[C@@H]2C[C@@H]2c2ccco2)CC1. The van der Waals surface area contributed by atoms with E-state index in [1.54, 1.807) is 13.4 Å². The molecule has 0 bridgehead atoms. The summed E-state index contributed by atoms with van der Waals surface area (Å²) in [7, 11) is 1.75. The van der Waals surface area contributed by atoms with E-state index in [0.29, 0.717) is 11.8 Å². The number of nitrogens with zero attached hydrogens (tertiary/aromatic N) is 1. The summed E-state index contributed by atoms with van der Waals surface area (Å²) in [4.78, 5) is 14.6. The fraction of sp³-hybridized carbons (Fsp3) is 0.706. The van der Waals surface area contributed by atoms with Gasteiger partial charge in [0.05, 0.1) is 12.9 Å². The third-order valence-electron chi connectivity index (χ3n) is 4.92. The van der Waals surface area contributed by atoms with Gasteiger partial charge in [-0.1, -0.05) is 0 Å². The van der Waals surface area contributed by atoms with Crippen molar-refractivity contribution in [1.29, 1.82) is 0 Å². The van der Waals surface area contributed by atoms with Crippen LogP contribution in [0.3, 0.4) is 0 Å². The Morgan fingerprint density at radius 2 is 2.27 bits per heavy atom. The summed E-state index contributed by atoms with van der Waals surface area (Å²) < 4.78 is 10.5. The molecule has 0 radical (unpaired) electrons. The van der Waals surface area contributed by atoms with Crippen molar-refractivity contribution >= 4 is 5.91 Å². The maximum absolute atomic E-state index is 12.2. The zero-order chi connectivity index (χ0) is 15.4. The van der Waals surface area contributed by atoms with Gasteiger partial charge in [-0.2, -0.15) is 0 Å². The van der Waals surface area contributed by atoms with Gasteiger partial charge in [0.2, 0.25) is 5.91 Å². The second kappa shape index (κ2) is 7.29. The van der Waals surface area contributed by atoms with E-state index in [1.165, 1.54) is 0 Å². The highest BCUT2D eigenvalue weighted by atomic mass is 16.5. The van der Waals surface area contributed by atoms with Crippen LogP contribution in [0, 0.1) is 11.8 Å². The van der Waals surface area contributed by atoms with Crippen molar-refractivity contribution in [3.05, 3.63) is 24.2 Å². The third-order valence-corrected chi connectivity index (χ3v) is 4.92. The molecule has 0 aromatic carbocycles. The topological polar surface area (TPSA) is 54.7 Å². The highest BCUT2D eigenvalue weighted by Gasteiger charge is 2.45. The minimum Gasteiger partial charge on any atom is -0.469 e. The average Bonchev–Trinajstić information content (AvgIpc) is 3.17. The van der Waals surface area contributed by atoms with Crippen molar-refractivity contribution in [2.24, 2.45) is 11.8 Å². The monoisotopic (exact) mass is 306 g/mol. The average molecular weight is 306 g/mol. The standard InChI is InChI=1S/C17H26N2O3/c1-21-10-8-19-6-4-13(5-7-19)12-18-17(20)15-11-14(15)16-3-2-9-22-16/h2-3,9,13-15H,4-8,10-12H2,1H3,(H,18,20)/t14-,15+/m0/s1. The molecule has 1 saturated carbocycles. The lowest BCUT2D eigenvalue weighted by Gasteiger charge is -2.31. The van der Waals surface area contributed by atoms with E-state index >= 15 is 0 Å². The molecule has 1 aromatic rings. The molecule has 1 amide bonds. The van der Waals surface area contributed by atoms with Gasteiger partial charge in [0.15, 0.2) is 0 Å². The number of hydrogen-bond donors (Lipinski definition) is 1. The first-order chi connectivity index (χ1) is 10.8. The highest BCUT2D eigenvalue weighted by Crippen LogP contribution is 2.47. The van der Waals surface area contributed by atoms with E-state index in [2.05, 4.69) is 10.2 Å². The zero-order valence-electron chi connectivity index (χ0n) is 13.3. The van der Waals surface area contributed by atoms with Crippen molar-refractivity contribution in [2.75, 3.05) is 39.9 Å². The Hall–Kier alpha value is -1.33. The van der Waals surface area contributed by atoms with Crippen molar-refractivity contribution in [3.63, 3.8) is 0 Å². The number of carbonyl (C=O) groups is 1. The number of furan rings is 1. The molecule has 1 aromatic heterocycles. The second-order valence-corrected chi connectivity index (χ2v) is 6.49. The summed E-state index contributed by atoms with van der Waals surface area (Å²) in [5, 5.41) is 3.14. The van der Waals surface area contributed by atoms with Crippen molar-refractivity contribution in [3.8, 4) is 0 Å². The fourth-order valence-electron chi connectivity index (χ4n) is 3.31. The number of piperidine rings is 1. The molecule has 0 unspecified atom stereocenters. The second-order valence-electron chi connectivity index (χ2n) is 6.49. The van der Waals surface area contributed by atoms with E-state index in [-0.39, 0.29) is 11.8 Å². The van der Waals surface area contributed by atoms with Crippen LogP contribution >= 0.6 is 0 Å². The van der Waals surface area contributed by atoms with Gasteiger partial charge in [-0.15, -0.1) is 0 Å². The summed E-state index contributed by atoms with van der Waals surface area (Å²) in [6.45, 7) is 4.86. The van der Waals surface area contributed by atoms with Crippen LogP contribution < -0.4 is 5.32 Å². The Morgan fingerprint density at radius 3 is 2.95 bits per heavy atom. The first-order valence-corrected chi connectivity index (χ1v) is 8.30. The first-order valence-electron chi connectivity index (χ1n) is 8.30. The van der Waals surface area contributed by atoms with E-state index in [4.69, 9.17) is 9.15 Å². The number of rotatable bonds is 7. The minimum absolute atomic E-state index is 0.118. The highest BCUT2D eigenvalue weighted by molar-refractivity contribution is 5.82. The molecule has 1 saturated heterocycles. The lowest BCUT2D eigenvalue weighted by atomic mass is 9.97. The number of hydrogen-bond acceptors (Lipinski definition) is 4. The van der Waals surface area contributed by atoms with Gasteiger partial charge in [-0.3, -0.25) is 4.79 Å². The number of nitrogens with one attached hydrogen (secondary N) is 1. The molecule has 5 heteroatoms. The number of methoxy groups -OCH3 is 1. The summed E-state index contributed by atoms with van der Waals surface area (Å²) in [6.07, 6.45) is 4.93. The predicted octanol–water partition coefficient (Wildman–Crippen LogP) is 1.86. The van der Waals surface area contributed by atoms with Crippen LogP contribution in [0.1, 0.15) is 30.9 Å². The van der Waals surface area contributed by atoms with Gasteiger partial charge < -0.3 is 19.4 Å². The Labute approximate surface area is 132 Å². The minimum atomic E-state index is 0.118. The van der Waals surface area contributed by atoms with Crippen LogP contribution in [0.25, 0.3) is 0 Å². The molecule has 1 aliphatic carbocycles. The molecule has 5 nitrogen and oxygen atoms in total. The van der Waals surface area contributed by atoms with Crippen LogP contribution in [-0.4, -0.2) is 50.7 Å². The van der Waals surface area contributed by atoms with Gasteiger partial charge in [0.25, 0.3) is 0 Å². The molecular formula is C17H26N2O3. The number of amides is 1. The van der Waals surface area contributed by atoms with Crippen LogP contribution in [0.2, 0.25) is 0 Å². The summed E-state index contributed by atoms with van der Waals surface area (Å²) >= 11 is 0. The maximum Gasteiger partial charge on any atom is 0.223 e. The Balaban J connectivity index is 1.33. The van der Waals surface area contributed by atoms with Gasteiger partial charge in [0, 0.05) is 32.0 Å². The van der Waals surface area contributed by atoms with Crippen LogP contribution in [-0.2, 0) is 9.53 Å². The van der Waals surface area contributed by atoms with Crippen molar-refractivity contribution < 1.29 is 13.9 Å². The molecule has 2 atom stereocenters. The largest absolute Gasteiger partial charge is 0.469 e. The third kappa shape index (κ3) is 3.90. The van der Waals surface area contributed by atoms with Crippen LogP contribution in [0.4, 0.5) is 0 Å². The summed E-state index contributed by atoms with van der Waals surface area (Å²) in [6, 6.07) is 3.85. The lowest BCUT2D eigenvalue weighted by molar-refractivity contribution is -0.122. The van der Waals surface area contributed by atoms with E-state index in [9.17, 15) is 4.79 Å². The number of carbonyl (C=O) groups excluding carboxylic acids is 1. The molecule has 3 rings (SSSR count). The number of ether oxygens (including phenoxy) is 1. The Morgan fingerprint density at radius 1 is 1.45 bits per heavy atom. The van der Waals surface area contributed by atoms with E-state index in [0.717, 1.165) is 57.8 Å². The molecule has 1 aliphatic heterocycles. The quantitative estimate of drug-likeness (QED) is 0.835. The molecular weight excluding hydrogens is 280 g/mol. The normalized spacial score (nSPS) is 26.0. The van der Waals surface area contributed by atoms with Crippen LogP contribution in [0.5, 0.6) is 0 Å². The lowest BCUT2D eigenvalue weighted by Crippen LogP contribution is -2.40. The molecule has 122 valence electrons. The zero-order valence-corrected chi connectivity index (χ0v) is 13.3. The van der Waals surface area contributed by atoms with Gasteiger partial charge >= 0.3 is 0 Å². The first kappa shape index (κ1) is 15.6.